The number of sulfone groups is 1. The van der Waals surface area contributed by atoms with E-state index in [-0.39, 0.29) is 4.90 Å². The van der Waals surface area contributed by atoms with E-state index in [0.717, 1.165) is 11.1 Å². The molecule has 0 amide bonds. The third-order valence-electron chi connectivity index (χ3n) is 3.62. The van der Waals surface area contributed by atoms with Crippen molar-refractivity contribution in [3.63, 3.8) is 0 Å². The van der Waals surface area contributed by atoms with Crippen LogP contribution in [0, 0.1) is 0 Å². The molecule has 0 saturated heterocycles. The number of benzene rings is 2. The van der Waals surface area contributed by atoms with Crippen LogP contribution in [-0.2, 0) is 16.3 Å². The van der Waals surface area contributed by atoms with Gasteiger partial charge < -0.3 is 5.11 Å². The predicted molar refractivity (Wildman–Crippen MR) is 72.5 cm³/mol. The van der Waals surface area contributed by atoms with Crippen LogP contribution in [-0.4, -0.2) is 18.8 Å². The molecule has 1 N–H and O–H groups in total. The molecule has 1 aliphatic rings. The zero-order valence-electron chi connectivity index (χ0n) is 10.2. The number of aliphatic hydroxyl groups excluding tert-OH is 1. The smallest absolute Gasteiger partial charge is 0.184 e. The second kappa shape index (κ2) is 4.47. The van der Waals surface area contributed by atoms with Gasteiger partial charge in [-0.05, 0) is 29.7 Å². The Kier molecular flexibility index (Phi) is 2.92. The molecule has 0 aliphatic heterocycles. The minimum atomic E-state index is -3.51. The second-order valence-electron chi connectivity index (χ2n) is 4.74. The summed E-state index contributed by atoms with van der Waals surface area (Å²) in [5, 5.41) is 9.47. The minimum absolute atomic E-state index is 0.270. The zero-order valence-corrected chi connectivity index (χ0v) is 11.0. The molecule has 3 nitrogen and oxygen atoms in total. The van der Waals surface area contributed by atoms with Gasteiger partial charge in [-0.15, -0.1) is 0 Å². The summed E-state index contributed by atoms with van der Waals surface area (Å²) in [6.07, 6.45) is -0.574. The Morgan fingerprint density at radius 2 is 1.58 bits per heavy atom. The summed E-state index contributed by atoms with van der Waals surface area (Å²) in [5.41, 5.74) is 1.64. The Hall–Kier alpha value is -1.65. The lowest BCUT2D eigenvalue weighted by atomic mass is 10.1. The van der Waals surface area contributed by atoms with Gasteiger partial charge in [0.15, 0.2) is 9.84 Å². The standard InChI is InChI=1S/C15H14O3S/c16-15-13-9-5-4-6-11(13)10-14(15)19(17,18)12-7-2-1-3-8-12/h1-9,14-16H,10H2. The maximum atomic E-state index is 12.6. The van der Waals surface area contributed by atoms with Crippen LogP contribution in [0.3, 0.4) is 0 Å². The maximum absolute atomic E-state index is 12.6. The van der Waals surface area contributed by atoms with E-state index in [1.165, 1.54) is 0 Å². The summed E-state index contributed by atoms with van der Waals surface area (Å²) < 4.78 is 25.1. The Morgan fingerprint density at radius 1 is 0.947 bits per heavy atom. The van der Waals surface area contributed by atoms with Gasteiger partial charge >= 0.3 is 0 Å². The van der Waals surface area contributed by atoms with Crippen LogP contribution in [0.4, 0.5) is 0 Å². The fraction of sp³-hybridized carbons (Fsp3) is 0.200. The SMILES string of the molecule is O=S(=O)(c1ccccc1)C1Cc2ccccc2C1O. The molecule has 0 aromatic heterocycles. The van der Waals surface area contributed by atoms with E-state index >= 15 is 0 Å². The third-order valence-corrected chi connectivity index (χ3v) is 5.77. The topological polar surface area (TPSA) is 54.4 Å². The van der Waals surface area contributed by atoms with Crippen molar-refractivity contribution in [1.82, 2.24) is 0 Å². The van der Waals surface area contributed by atoms with Crippen LogP contribution in [0.1, 0.15) is 17.2 Å². The molecule has 0 heterocycles. The molecule has 2 aromatic carbocycles. The molecule has 98 valence electrons. The molecule has 2 unspecified atom stereocenters. The molecule has 3 rings (SSSR count). The van der Waals surface area contributed by atoms with Gasteiger partial charge in [0.05, 0.1) is 16.2 Å². The highest BCUT2D eigenvalue weighted by molar-refractivity contribution is 7.92. The lowest BCUT2D eigenvalue weighted by Gasteiger charge is -2.16. The molecular formula is C15H14O3S. The Morgan fingerprint density at radius 3 is 2.26 bits per heavy atom. The average molecular weight is 274 g/mol. The van der Waals surface area contributed by atoms with E-state index in [1.54, 1.807) is 36.4 Å². The van der Waals surface area contributed by atoms with E-state index in [1.807, 2.05) is 18.2 Å². The number of aliphatic hydroxyl groups is 1. The van der Waals surface area contributed by atoms with Crippen LogP contribution < -0.4 is 0 Å². The van der Waals surface area contributed by atoms with Gasteiger partial charge in [-0.3, -0.25) is 0 Å². The number of hydrogen-bond donors (Lipinski definition) is 1. The van der Waals surface area contributed by atoms with E-state index in [0.29, 0.717) is 6.42 Å². The highest BCUT2D eigenvalue weighted by atomic mass is 32.2. The third kappa shape index (κ3) is 1.97. The summed E-state index contributed by atoms with van der Waals surface area (Å²) in [6.45, 7) is 0. The monoisotopic (exact) mass is 274 g/mol. The molecule has 1 aliphatic carbocycles. The number of hydrogen-bond acceptors (Lipinski definition) is 3. The van der Waals surface area contributed by atoms with Gasteiger partial charge in [0, 0.05) is 0 Å². The van der Waals surface area contributed by atoms with E-state index < -0.39 is 21.2 Å². The Balaban J connectivity index is 2.02. The quantitative estimate of drug-likeness (QED) is 0.912. The van der Waals surface area contributed by atoms with Crippen molar-refractivity contribution in [2.45, 2.75) is 22.7 Å². The fourth-order valence-corrected chi connectivity index (χ4v) is 4.37. The lowest BCUT2D eigenvalue weighted by Crippen LogP contribution is -2.25. The Bertz CT molecular complexity index is 692. The summed E-state index contributed by atoms with van der Waals surface area (Å²) >= 11 is 0. The maximum Gasteiger partial charge on any atom is 0.184 e. The van der Waals surface area contributed by atoms with Gasteiger partial charge in [-0.2, -0.15) is 0 Å². The predicted octanol–water partition coefficient (Wildman–Crippen LogP) is 2.12. The van der Waals surface area contributed by atoms with E-state index in [2.05, 4.69) is 0 Å². The highest BCUT2D eigenvalue weighted by Gasteiger charge is 2.40. The minimum Gasteiger partial charge on any atom is -0.387 e. The first kappa shape index (κ1) is 12.4. The molecular weight excluding hydrogens is 260 g/mol. The summed E-state index contributed by atoms with van der Waals surface area (Å²) in [4.78, 5) is 0.270. The zero-order chi connectivity index (χ0) is 13.5. The van der Waals surface area contributed by atoms with E-state index in [4.69, 9.17) is 0 Å². The van der Waals surface area contributed by atoms with Crippen LogP contribution in [0.2, 0.25) is 0 Å². The molecule has 0 saturated carbocycles. The normalized spacial score (nSPS) is 22.2. The van der Waals surface area contributed by atoms with Crippen LogP contribution in [0.25, 0.3) is 0 Å². The molecule has 4 heteroatoms. The van der Waals surface area contributed by atoms with Crippen molar-refractivity contribution in [2.75, 3.05) is 0 Å². The summed E-state index contributed by atoms with van der Waals surface area (Å²) in [6, 6.07) is 15.7. The molecule has 0 fully saturated rings. The van der Waals surface area contributed by atoms with Gasteiger partial charge in [0.1, 0.15) is 0 Å². The van der Waals surface area contributed by atoms with E-state index in [9.17, 15) is 13.5 Å². The second-order valence-corrected chi connectivity index (χ2v) is 6.91. The summed E-state index contributed by atoms with van der Waals surface area (Å²) in [7, 11) is -3.51. The largest absolute Gasteiger partial charge is 0.387 e. The van der Waals surface area contributed by atoms with Crippen LogP contribution in [0.15, 0.2) is 59.5 Å². The van der Waals surface area contributed by atoms with Crippen molar-refractivity contribution in [1.29, 1.82) is 0 Å². The average Bonchev–Trinajstić information content (AvgIpc) is 2.78. The van der Waals surface area contributed by atoms with Crippen molar-refractivity contribution >= 4 is 9.84 Å². The van der Waals surface area contributed by atoms with Gasteiger partial charge in [0.2, 0.25) is 0 Å². The molecule has 0 radical (unpaired) electrons. The first-order chi connectivity index (χ1) is 9.10. The fourth-order valence-electron chi connectivity index (χ4n) is 2.60. The molecule has 0 spiro atoms. The van der Waals surface area contributed by atoms with Crippen molar-refractivity contribution in [3.05, 3.63) is 65.7 Å². The van der Waals surface area contributed by atoms with Crippen LogP contribution >= 0.6 is 0 Å². The molecule has 2 aromatic rings. The summed E-state index contributed by atoms with van der Waals surface area (Å²) in [5.74, 6) is 0. The molecule has 2 atom stereocenters. The van der Waals surface area contributed by atoms with Crippen molar-refractivity contribution in [2.24, 2.45) is 0 Å². The molecule has 0 bridgehead atoms. The number of fused-ring (bicyclic) bond motifs is 1. The van der Waals surface area contributed by atoms with Crippen LogP contribution in [0.5, 0.6) is 0 Å². The Labute approximate surface area is 112 Å². The highest BCUT2D eigenvalue weighted by Crippen LogP contribution is 2.37. The molecule has 19 heavy (non-hydrogen) atoms. The first-order valence-corrected chi connectivity index (χ1v) is 7.70. The van der Waals surface area contributed by atoms with Crippen molar-refractivity contribution in [3.8, 4) is 0 Å². The lowest BCUT2D eigenvalue weighted by molar-refractivity contribution is 0.182. The van der Waals surface area contributed by atoms with Gasteiger partial charge in [-0.25, -0.2) is 8.42 Å². The number of rotatable bonds is 2. The first-order valence-electron chi connectivity index (χ1n) is 6.15. The van der Waals surface area contributed by atoms with Crippen molar-refractivity contribution < 1.29 is 13.5 Å². The van der Waals surface area contributed by atoms with Gasteiger partial charge in [-0.1, -0.05) is 42.5 Å². The van der Waals surface area contributed by atoms with Gasteiger partial charge in [0.25, 0.3) is 0 Å².